The van der Waals surface area contributed by atoms with Crippen LogP contribution in [0.1, 0.15) is 33.6 Å². The molecule has 1 aliphatic heterocycles. The summed E-state index contributed by atoms with van der Waals surface area (Å²) in [5.74, 6) is 0. The number of benzene rings is 2. The van der Waals surface area contributed by atoms with Crippen LogP contribution < -0.4 is 10.4 Å². The van der Waals surface area contributed by atoms with Crippen LogP contribution in [0.4, 0.5) is 0 Å². The SMILES string of the molecule is CN1[C@H](CO)CC[C@H]1CO[Si](c1ccccc1)(c1ccccc1)C(C)(C)C. The third-order valence-corrected chi connectivity index (χ3v) is 11.1. The van der Waals surface area contributed by atoms with E-state index in [1.807, 2.05) is 0 Å². The number of hydrogen-bond acceptors (Lipinski definition) is 3. The van der Waals surface area contributed by atoms with Crippen LogP contribution >= 0.6 is 0 Å². The van der Waals surface area contributed by atoms with Crippen LogP contribution in [0.2, 0.25) is 5.04 Å². The molecule has 27 heavy (non-hydrogen) atoms. The van der Waals surface area contributed by atoms with E-state index in [1.165, 1.54) is 10.4 Å². The molecule has 0 bridgehead atoms. The molecule has 1 heterocycles. The monoisotopic (exact) mass is 383 g/mol. The average molecular weight is 384 g/mol. The minimum Gasteiger partial charge on any atom is -0.406 e. The van der Waals surface area contributed by atoms with Gasteiger partial charge >= 0.3 is 0 Å². The third-order valence-electron chi connectivity index (χ3n) is 6.10. The molecular formula is C23H33NO2Si. The summed E-state index contributed by atoms with van der Waals surface area (Å²) in [6.45, 7) is 7.88. The van der Waals surface area contributed by atoms with Gasteiger partial charge in [-0.25, -0.2) is 0 Å². The summed E-state index contributed by atoms with van der Waals surface area (Å²) < 4.78 is 7.03. The Morgan fingerprint density at radius 2 is 1.41 bits per heavy atom. The zero-order valence-corrected chi connectivity index (χ0v) is 18.1. The summed E-state index contributed by atoms with van der Waals surface area (Å²) in [5, 5.41) is 12.2. The van der Waals surface area contributed by atoms with Crippen molar-refractivity contribution >= 4 is 18.7 Å². The van der Waals surface area contributed by atoms with Gasteiger partial charge in [0.25, 0.3) is 8.32 Å². The van der Waals surface area contributed by atoms with E-state index >= 15 is 0 Å². The molecule has 0 unspecified atom stereocenters. The first-order valence-electron chi connectivity index (χ1n) is 9.98. The molecule has 4 heteroatoms. The van der Waals surface area contributed by atoms with Crippen LogP contribution in [0.15, 0.2) is 60.7 Å². The summed E-state index contributed by atoms with van der Waals surface area (Å²) in [6.07, 6.45) is 2.13. The van der Waals surface area contributed by atoms with E-state index in [0.717, 1.165) is 12.8 Å². The van der Waals surface area contributed by atoms with Gasteiger partial charge in [0.05, 0.1) is 13.2 Å². The van der Waals surface area contributed by atoms with Gasteiger partial charge in [0.2, 0.25) is 0 Å². The van der Waals surface area contributed by atoms with Crippen molar-refractivity contribution < 1.29 is 9.53 Å². The second-order valence-corrected chi connectivity index (χ2v) is 13.0. The Labute approximate surface area is 165 Å². The van der Waals surface area contributed by atoms with Crippen LogP contribution in [0, 0.1) is 0 Å². The Bertz CT molecular complexity index is 675. The van der Waals surface area contributed by atoms with Gasteiger partial charge in [-0.15, -0.1) is 0 Å². The molecule has 0 aromatic heterocycles. The molecule has 2 aromatic rings. The predicted octanol–water partition coefficient (Wildman–Crippen LogP) is 3.02. The molecule has 0 spiro atoms. The highest BCUT2D eigenvalue weighted by Gasteiger charge is 2.50. The van der Waals surface area contributed by atoms with Gasteiger partial charge in [-0.1, -0.05) is 81.4 Å². The highest BCUT2D eigenvalue weighted by Crippen LogP contribution is 2.37. The lowest BCUT2D eigenvalue weighted by atomic mass is 10.2. The van der Waals surface area contributed by atoms with E-state index in [1.54, 1.807) is 0 Å². The maximum absolute atomic E-state index is 9.59. The molecular weight excluding hydrogens is 350 g/mol. The molecule has 1 fully saturated rings. The van der Waals surface area contributed by atoms with Crippen LogP contribution in [0.25, 0.3) is 0 Å². The summed E-state index contributed by atoms with van der Waals surface area (Å²) in [4.78, 5) is 2.30. The highest BCUT2D eigenvalue weighted by atomic mass is 28.4. The number of likely N-dealkylation sites (N-methyl/N-ethyl adjacent to an activating group) is 1. The van der Waals surface area contributed by atoms with Crippen LogP contribution in [0.5, 0.6) is 0 Å². The Balaban J connectivity index is 2.00. The minimum absolute atomic E-state index is 0.00324. The Morgan fingerprint density at radius 1 is 0.926 bits per heavy atom. The summed E-state index contributed by atoms with van der Waals surface area (Å²) in [7, 11) is -0.349. The average Bonchev–Trinajstić information content (AvgIpc) is 3.03. The zero-order chi connectivity index (χ0) is 19.5. The second-order valence-electron chi connectivity index (χ2n) is 8.71. The lowest BCUT2D eigenvalue weighted by Crippen LogP contribution is -2.67. The molecule has 1 aliphatic rings. The van der Waals surface area contributed by atoms with E-state index in [4.69, 9.17) is 4.43 Å². The van der Waals surface area contributed by atoms with E-state index in [9.17, 15) is 5.11 Å². The maximum Gasteiger partial charge on any atom is 0.261 e. The van der Waals surface area contributed by atoms with Gasteiger partial charge in [0.15, 0.2) is 0 Å². The number of rotatable bonds is 6. The van der Waals surface area contributed by atoms with E-state index in [0.29, 0.717) is 12.6 Å². The first kappa shape index (κ1) is 20.3. The van der Waals surface area contributed by atoms with E-state index in [2.05, 4.69) is 93.4 Å². The maximum atomic E-state index is 9.59. The highest BCUT2D eigenvalue weighted by molar-refractivity contribution is 6.99. The molecule has 1 N–H and O–H groups in total. The fourth-order valence-electron chi connectivity index (χ4n) is 4.49. The molecule has 2 atom stereocenters. The molecule has 0 saturated carbocycles. The van der Waals surface area contributed by atoms with Crippen LogP contribution in [0.3, 0.4) is 0 Å². The van der Waals surface area contributed by atoms with Crippen molar-refractivity contribution in [3.63, 3.8) is 0 Å². The summed E-state index contributed by atoms with van der Waals surface area (Å²) in [5.41, 5.74) is 0. The van der Waals surface area contributed by atoms with Crippen molar-refractivity contribution in [2.75, 3.05) is 20.3 Å². The zero-order valence-electron chi connectivity index (χ0n) is 17.1. The second kappa shape index (κ2) is 8.27. The van der Waals surface area contributed by atoms with Gasteiger partial charge in [-0.3, -0.25) is 4.90 Å². The quantitative estimate of drug-likeness (QED) is 0.779. The Hall–Kier alpha value is -1.46. The van der Waals surface area contributed by atoms with Crippen molar-refractivity contribution in [3.05, 3.63) is 60.7 Å². The molecule has 2 aromatic carbocycles. The van der Waals surface area contributed by atoms with Gasteiger partial charge in [-0.05, 0) is 35.3 Å². The lowest BCUT2D eigenvalue weighted by molar-refractivity contribution is 0.124. The summed E-state index contributed by atoms with van der Waals surface area (Å²) in [6, 6.07) is 22.2. The van der Waals surface area contributed by atoms with Crippen molar-refractivity contribution in [2.45, 2.75) is 50.7 Å². The summed E-state index contributed by atoms with van der Waals surface area (Å²) >= 11 is 0. The van der Waals surface area contributed by atoms with Gasteiger partial charge < -0.3 is 9.53 Å². The first-order valence-corrected chi connectivity index (χ1v) is 11.9. The fourth-order valence-corrected chi connectivity index (χ4v) is 9.09. The molecule has 1 saturated heterocycles. The van der Waals surface area contributed by atoms with Crippen molar-refractivity contribution in [3.8, 4) is 0 Å². The normalized spacial score (nSPS) is 21.5. The van der Waals surface area contributed by atoms with E-state index in [-0.39, 0.29) is 17.7 Å². The Kier molecular flexibility index (Phi) is 6.21. The molecule has 0 amide bonds. The van der Waals surface area contributed by atoms with Gasteiger partial charge in [0, 0.05) is 12.1 Å². The lowest BCUT2D eigenvalue weighted by Gasteiger charge is -2.44. The minimum atomic E-state index is -2.47. The molecule has 0 aliphatic carbocycles. The standard InChI is InChI=1S/C23H33NO2Si/c1-23(2,3)27(21-11-7-5-8-12-21,22-13-9-6-10-14-22)26-18-20-16-15-19(17-25)24(20)4/h5-14,19-20,25H,15-18H2,1-4H3/t19-,20-/m0/s1. The topological polar surface area (TPSA) is 32.7 Å². The smallest absolute Gasteiger partial charge is 0.261 e. The first-order chi connectivity index (χ1) is 12.9. The van der Waals surface area contributed by atoms with Crippen molar-refractivity contribution in [2.24, 2.45) is 0 Å². The van der Waals surface area contributed by atoms with Crippen LogP contribution in [-0.4, -0.2) is 50.7 Å². The Morgan fingerprint density at radius 3 is 1.81 bits per heavy atom. The number of hydrogen-bond donors (Lipinski definition) is 1. The molecule has 0 radical (unpaired) electrons. The van der Waals surface area contributed by atoms with Gasteiger partial charge in [0.1, 0.15) is 0 Å². The molecule has 146 valence electrons. The van der Waals surface area contributed by atoms with E-state index < -0.39 is 8.32 Å². The number of nitrogens with zero attached hydrogens (tertiary/aromatic N) is 1. The number of likely N-dealkylation sites (tertiary alicyclic amines) is 1. The molecule has 3 rings (SSSR count). The largest absolute Gasteiger partial charge is 0.406 e. The fraction of sp³-hybridized carbons (Fsp3) is 0.478. The number of aliphatic hydroxyl groups is 1. The molecule has 3 nitrogen and oxygen atoms in total. The third kappa shape index (κ3) is 3.90. The van der Waals surface area contributed by atoms with Crippen LogP contribution in [-0.2, 0) is 4.43 Å². The number of aliphatic hydroxyl groups excluding tert-OH is 1. The van der Waals surface area contributed by atoms with Crippen molar-refractivity contribution in [1.82, 2.24) is 4.90 Å². The van der Waals surface area contributed by atoms with Gasteiger partial charge in [-0.2, -0.15) is 0 Å². The van der Waals surface area contributed by atoms with Crippen molar-refractivity contribution in [1.29, 1.82) is 0 Å². The predicted molar refractivity (Wildman–Crippen MR) is 115 cm³/mol.